The molecule has 0 radical (unpaired) electrons. The van der Waals surface area contributed by atoms with Gasteiger partial charge in [-0.25, -0.2) is 0 Å². The fourth-order valence-electron chi connectivity index (χ4n) is 2.76. The van der Waals surface area contributed by atoms with E-state index >= 15 is 0 Å². The fraction of sp³-hybridized carbons (Fsp3) is 0.929. The maximum atomic E-state index is 12.7. The Hall–Kier alpha value is -0.610. The van der Waals surface area contributed by atoms with Gasteiger partial charge in [-0.1, -0.05) is 6.92 Å². The number of hydrogen-bond donors (Lipinski definition) is 1. The fourth-order valence-corrected chi connectivity index (χ4v) is 2.76. The molecule has 0 aromatic carbocycles. The van der Waals surface area contributed by atoms with Crippen molar-refractivity contribution in [2.45, 2.75) is 39.5 Å². The van der Waals surface area contributed by atoms with Gasteiger partial charge in [0.25, 0.3) is 0 Å². The SMILES string of the molecule is CCN(CCOC)C(=O)C1(CN)CCC(C)CC1. The summed E-state index contributed by atoms with van der Waals surface area (Å²) in [5, 5.41) is 0. The van der Waals surface area contributed by atoms with Crippen LogP contribution in [0.15, 0.2) is 0 Å². The molecule has 0 spiro atoms. The topological polar surface area (TPSA) is 55.6 Å². The lowest BCUT2D eigenvalue weighted by molar-refractivity contribution is -0.144. The summed E-state index contributed by atoms with van der Waals surface area (Å²) in [5.41, 5.74) is 5.62. The Bertz CT molecular complexity index is 261. The third kappa shape index (κ3) is 3.45. The summed E-state index contributed by atoms with van der Waals surface area (Å²) in [6, 6.07) is 0. The van der Waals surface area contributed by atoms with Crippen LogP contribution in [0, 0.1) is 11.3 Å². The molecule has 1 fully saturated rings. The van der Waals surface area contributed by atoms with Crippen molar-refractivity contribution in [1.82, 2.24) is 4.90 Å². The average Bonchev–Trinajstić information content (AvgIpc) is 2.40. The van der Waals surface area contributed by atoms with Crippen molar-refractivity contribution >= 4 is 5.91 Å². The molecule has 1 rings (SSSR count). The van der Waals surface area contributed by atoms with Crippen LogP contribution in [-0.4, -0.2) is 44.2 Å². The van der Waals surface area contributed by atoms with Crippen molar-refractivity contribution in [3.8, 4) is 0 Å². The Morgan fingerprint density at radius 3 is 2.50 bits per heavy atom. The molecule has 1 saturated carbocycles. The van der Waals surface area contributed by atoms with E-state index < -0.39 is 0 Å². The minimum Gasteiger partial charge on any atom is -0.383 e. The number of carbonyl (C=O) groups excluding carboxylic acids is 1. The van der Waals surface area contributed by atoms with Crippen LogP contribution in [0.5, 0.6) is 0 Å². The Morgan fingerprint density at radius 1 is 1.44 bits per heavy atom. The summed E-state index contributed by atoms with van der Waals surface area (Å²) in [6.07, 6.45) is 4.11. The van der Waals surface area contributed by atoms with Gasteiger partial charge in [0.1, 0.15) is 0 Å². The van der Waals surface area contributed by atoms with Gasteiger partial charge in [-0.05, 0) is 38.5 Å². The van der Waals surface area contributed by atoms with Gasteiger partial charge in [0.15, 0.2) is 0 Å². The Balaban J connectivity index is 2.70. The number of amides is 1. The number of nitrogens with two attached hydrogens (primary N) is 1. The first-order valence-electron chi connectivity index (χ1n) is 7.08. The summed E-state index contributed by atoms with van der Waals surface area (Å²) in [7, 11) is 1.67. The number of carbonyl (C=O) groups is 1. The minimum absolute atomic E-state index is 0.233. The van der Waals surface area contributed by atoms with Crippen LogP contribution in [0.4, 0.5) is 0 Å². The monoisotopic (exact) mass is 256 g/mol. The van der Waals surface area contributed by atoms with Crippen molar-refractivity contribution in [2.24, 2.45) is 17.1 Å². The van der Waals surface area contributed by atoms with Crippen LogP contribution in [-0.2, 0) is 9.53 Å². The van der Waals surface area contributed by atoms with Gasteiger partial charge in [-0.2, -0.15) is 0 Å². The molecule has 0 unspecified atom stereocenters. The van der Waals surface area contributed by atoms with Crippen LogP contribution in [0.1, 0.15) is 39.5 Å². The van der Waals surface area contributed by atoms with Gasteiger partial charge in [0.05, 0.1) is 12.0 Å². The summed E-state index contributed by atoms with van der Waals surface area (Å²) in [5.74, 6) is 0.961. The first kappa shape index (κ1) is 15.4. The lowest BCUT2D eigenvalue weighted by Gasteiger charge is -2.40. The predicted octanol–water partition coefficient (Wildman–Crippen LogP) is 1.64. The molecule has 0 heterocycles. The van der Waals surface area contributed by atoms with Gasteiger partial charge in [0.2, 0.25) is 5.91 Å². The molecule has 0 aromatic heterocycles. The Kier molecular flexibility index (Phi) is 6.09. The van der Waals surface area contributed by atoms with Crippen molar-refractivity contribution in [3.05, 3.63) is 0 Å². The number of hydrogen-bond acceptors (Lipinski definition) is 3. The molecular weight excluding hydrogens is 228 g/mol. The van der Waals surface area contributed by atoms with E-state index in [1.165, 1.54) is 0 Å². The highest BCUT2D eigenvalue weighted by atomic mass is 16.5. The van der Waals surface area contributed by atoms with Crippen molar-refractivity contribution < 1.29 is 9.53 Å². The highest BCUT2D eigenvalue weighted by Crippen LogP contribution is 2.39. The molecule has 4 nitrogen and oxygen atoms in total. The van der Waals surface area contributed by atoms with E-state index in [-0.39, 0.29) is 11.3 Å². The number of rotatable bonds is 6. The quantitative estimate of drug-likeness (QED) is 0.786. The zero-order valence-electron chi connectivity index (χ0n) is 12.1. The number of ether oxygens (including phenoxy) is 1. The third-order valence-corrected chi connectivity index (χ3v) is 4.31. The average molecular weight is 256 g/mol. The molecule has 1 aliphatic rings. The summed E-state index contributed by atoms with van der Waals surface area (Å²) >= 11 is 0. The van der Waals surface area contributed by atoms with E-state index in [1.807, 2.05) is 11.8 Å². The zero-order valence-corrected chi connectivity index (χ0v) is 12.1. The Labute approximate surface area is 111 Å². The maximum Gasteiger partial charge on any atom is 0.230 e. The van der Waals surface area contributed by atoms with E-state index in [2.05, 4.69) is 6.92 Å². The number of nitrogens with zero attached hydrogens (tertiary/aromatic N) is 1. The molecule has 0 aromatic rings. The van der Waals surface area contributed by atoms with Gasteiger partial charge in [-0.15, -0.1) is 0 Å². The normalized spacial score (nSPS) is 28.1. The first-order chi connectivity index (χ1) is 8.59. The van der Waals surface area contributed by atoms with Crippen LogP contribution in [0.25, 0.3) is 0 Å². The highest BCUT2D eigenvalue weighted by molar-refractivity contribution is 5.83. The summed E-state index contributed by atoms with van der Waals surface area (Å²) in [6.45, 7) is 6.75. The van der Waals surface area contributed by atoms with Crippen LogP contribution in [0.3, 0.4) is 0 Å². The Morgan fingerprint density at radius 2 is 2.06 bits per heavy atom. The third-order valence-electron chi connectivity index (χ3n) is 4.31. The van der Waals surface area contributed by atoms with E-state index in [4.69, 9.17) is 10.5 Å². The molecule has 18 heavy (non-hydrogen) atoms. The summed E-state index contributed by atoms with van der Waals surface area (Å²) in [4.78, 5) is 14.6. The molecule has 1 aliphatic carbocycles. The van der Waals surface area contributed by atoms with Gasteiger partial charge in [-0.3, -0.25) is 4.79 Å². The molecule has 2 N–H and O–H groups in total. The second-order valence-corrected chi connectivity index (χ2v) is 5.54. The molecule has 0 saturated heterocycles. The van der Waals surface area contributed by atoms with Crippen molar-refractivity contribution in [1.29, 1.82) is 0 Å². The van der Waals surface area contributed by atoms with Gasteiger partial charge in [0, 0.05) is 26.7 Å². The van der Waals surface area contributed by atoms with Gasteiger partial charge < -0.3 is 15.4 Å². The van der Waals surface area contributed by atoms with Crippen molar-refractivity contribution in [3.63, 3.8) is 0 Å². The number of methoxy groups -OCH3 is 1. The molecular formula is C14H28N2O2. The lowest BCUT2D eigenvalue weighted by Crippen LogP contribution is -2.50. The highest BCUT2D eigenvalue weighted by Gasteiger charge is 2.41. The zero-order chi connectivity index (χ0) is 13.6. The lowest BCUT2D eigenvalue weighted by atomic mass is 9.70. The predicted molar refractivity (Wildman–Crippen MR) is 73.2 cm³/mol. The van der Waals surface area contributed by atoms with Crippen LogP contribution >= 0.6 is 0 Å². The van der Waals surface area contributed by atoms with E-state index in [1.54, 1.807) is 7.11 Å². The van der Waals surface area contributed by atoms with E-state index in [9.17, 15) is 4.79 Å². The molecule has 0 aliphatic heterocycles. The molecule has 4 heteroatoms. The standard InChI is InChI=1S/C14H28N2O2/c1-4-16(9-10-18-3)13(17)14(11-15)7-5-12(2)6-8-14/h12H,4-11,15H2,1-3H3. The van der Waals surface area contributed by atoms with E-state index in [0.717, 1.165) is 38.1 Å². The molecule has 0 bridgehead atoms. The number of likely N-dealkylation sites (N-methyl/N-ethyl adjacent to an activating group) is 1. The minimum atomic E-state index is -0.309. The summed E-state index contributed by atoms with van der Waals surface area (Å²) < 4.78 is 5.07. The molecule has 1 amide bonds. The second-order valence-electron chi connectivity index (χ2n) is 5.54. The van der Waals surface area contributed by atoms with Gasteiger partial charge >= 0.3 is 0 Å². The molecule has 0 atom stereocenters. The molecule has 106 valence electrons. The smallest absolute Gasteiger partial charge is 0.230 e. The first-order valence-corrected chi connectivity index (χ1v) is 7.08. The van der Waals surface area contributed by atoms with Crippen molar-refractivity contribution in [2.75, 3.05) is 33.4 Å². The second kappa shape index (κ2) is 7.10. The van der Waals surface area contributed by atoms with Crippen LogP contribution < -0.4 is 5.73 Å². The van der Waals surface area contributed by atoms with Crippen LogP contribution in [0.2, 0.25) is 0 Å². The largest absolute Gasteiger partial charge is 0.383 e. The van der Waals surface area contributed by atoms with E-state index in [0.29, 0.717) is 19.7 Å². The maximum absolute atomic E-state index is 12.7.